The fourth-order valence-corrected chi connectivity index (χ4v) is 2.73. The Morgan fingerprint density at radius 3 is 2.71 bits per heavy atom. The van der Waals surface area contributed by atoms with E-state index in [1.54, 1.807) is 25.1 Å². The number of hydrogen-bond donors (Lipinski definition) is 0. The van der Waals surface area contributed by atoms with Crippen molar-refractivity contribution in [3.63, 3.8) is 0 Å². The Balaban J connectivity index is 2.66. The Morgan fingerprint density at radius 1 is 1.41 bits per heavy atom. The first-order valence-corrected chi connectivity index (χ1v) is 7.37. The lowest BCUT2D eigenvalue weighted by molar-refractivity contribution is 0.408. The molecule has 0 aliphatic heterocycles. The molecular weight excluding hydrogens is 264 g/mol. The number of hydrogen-bond acceptors (Lipinski definition) is 4. The second-order valence-corrected chi connectivity index (χ2v) is 6.49. The van der Waals surface area contributed by atoms with Crippen LogP contribution in [0.2, 0.25) is 0 Å². The molecular formula is C11H11ClO4S. The summed E-state index contributed by atoms with van der Waals surface area (Å²) in [6.07, 6.45) is 0. The maximum absolute atomic E-state index is 11.1. The topological polar surface area (TPSA) is 56.5 Å². The van der Waals surface area contributed by atoms with E-state index in [2.05, 4.69) is 0 Å². The summed E-state index contributed by atoms with van der Waals surface area (Å²) < 4.78 is 32.9. The molecule has 0 aliphatic rings. The molecule has 4 nitrogen and oxygen atoms in total. The fraction of sp³-hybridized carbons (Fsp3) is 0.273. The minimum atomic E-state index is -3.59. The molecule has 2 aromatic rings. The molecule has 17 heavy (non-hydrogen) atoms. The molecule has 0 atom stereocenters. The number of benzene rings is 1. The number of fused-ring (bicyclic) bond motifs is 1. The highest BCUT2D eigenvalue weighted by atomic mass is 35.7. The quantitative estimate of drug-likeness (QED) is 0.808. The van der Waals surface area contributed by atoms with Crippen molar-refractivity contribution < 1.29 is 17.6 Å². The van der Waals surface area contributed by atoms with Gasteiger partial charge in [-0.05, 0) is 24.6 Å². The van der Waals surface area contributed by atoms with E-state index in [4.69, 9.17) is 19.8 Å². The molecule has 0 N–H and O–H groups in total. The van der Waals surface area contributed by atoms with Crippen LogP contribution in [-0.4, -0.2) is 15.5 Å². The predicted octanol–water partition coefficient (Wildman–Crippen LogP) is 2.82. The van der Waals surface area contributed by atoms with Gasteiger partial charge in [0.2, 0.25) is 9.05 Å². The third kappa shape index (κ3) is 2.56. The average molecular weight is 275 g/mol. The highest BCUT2D eigenvalue weighted by molar-refractivity contribution is 8.13. The second kappa shape index (κ2) is 4.23. The van der Waals surface area contributed by atoms with E-state index in [1.165, 1.54) is 7.11 Å². The van der Waals surface area contributed by atoms with Crippen LogP contribution in [0.1, 0.15) is 11.3 Å². The van der Waals surface area contributed by atoms with Gasteiger partial charge in [-0.1, -0.05) is 6.07 Å². The van der Waals surface area contributed by atoms with Crippen molar-refractivity contribution in [2.75, 3.05) is 7.11 Å². The van der Waals surface area contributed by atoms with Gasteiger partial charge < -0.3 is 9.15 Å². The number of rotatable bonds is 3. The van der Waals surface area contributed by atoms with Crippen LogP contribution in [0.25, 0.3) is 11.0 Å². The van der Waals surface area contributed by atoms with Crippen molar-refractivity contribution in [1.29, 1.82) is 0 Å². The Labute approximate surface area is 104 Å². The van der Waals surface area contributed by atoms with E-state index in [-0.39, 0.29) is 5.75 Å². The largest absolute Gasteiger partial charge is 0.493 e. The molecule has 0 fully saturated rings. The van der Waals surface area contributed by atoms with Gasteiger partial charge in [-0.3, -0.25) is 0 Å². The average Bonchev–Trinajstić information content (AvgIpc) is 2.58. The minimum absolute atomic E-state index is 0.228. The lowest BCUT2D eigenvalue weighted by Gasteiger charge is -2.04. The molecule has 0 spiro atoms. The number of methoxy groups -OCH3 is 1. The highest BCUT2D eigenvalue weighted by Gasteiger charge is 2.15. The van der Waals surface area contributed by atoms with Gasteiger partial charge in [0.05, 0.1) is 12.9 Å². The highest BCUT2D eigenvalue weighted by Crippen LogP contribution is 2.32. The summed E-state index contributed by atoms with van der Waals surface area (Å²) in [4.78, 5) is 0. The van der Waals surface area contributed by atoms with Gasteiger partial charge in [0.25, 0.3) is 0 Å². The molecule has 0 saturated carbocycles. The molecule has 1 aromatic heterocycles. The molecule has 1 heterocycles. The van der Waals surface area contributed by atoms with E-state index >= 15 is 0 Å². The Bertz CT molecular complexity index is 657. The summed E-state index contributed by atoms with van der Waals surface area (Å²) in [7, 11) is 3.20. The molecule has 0 amide bonds. The smallest absolute Gasteiger partial charge is 0.236 e. The lowest BCUT2D eigenvalue weighted by atomic mass is 10.1. The maximum atomic E-state index is 11.1. The summed E-state index contributed by atoms with van der Waals surface area (Å²) in [5, 5.41) is 0.714. The zero-order valence-corrected chi connectivity index (χ0v) is 10.9. The van der Waals surface area contributed by atoms with Crippen LogP contribution in [0.5, 0.6) is 5.75 Å². The Kier molecular flexibility index (Phi) is 3.05. The van der Waals surface area contributed by atoms with Crippen molar-refractivity contribution in [1.82, 2.24) is 0 Å². The molecule has 0 saturated heterocycles. The molecule has 1 aromatic carbocycles. The van der Waals surface area contributed by atoms with Crippen molar-refractivity contribution in [3.05, 3.63) is 29.5 Å². The van der Waals surface area contributed by atoms with Crippen LogP contribution >= 0.6 is 10.7 Å². The standard InChI is InChI=1S/C11H11ClO4S/c1-7-5-9-8(6-17(12,13)14)3-4-10(15-2)11(9)16-7/h3-5H,6H2,1-2H3. The van der Waals surface area contributed by atoms with E-state index in [9.17, 15) is 8.42 Å². The van der Waals surface area contributed by atoms with Crippen LogP contribution in [0.3, 0.4) is 0 Å². The predicted molar refractivity (Wildman–Crippen MR) is 66.0 cm³/mol. The van der Waals surface area contributed by atoms with Crippen molar-refractivity contribution in [2.24, 2.45) is 0 Å². The molecule has 0 aliphatic carbocycles. The number of halogens is 1. The van der Waals surface area contributed by atoms with Gasteiger partial charge in [-0.25, -0.2) is 8.42 Å². The van der Waals surface area contributed by atoms with E-state index in [0.717, 1.165) is 0 Å². The molecule has 0 unspecified atom stereocenters. The van der Waals surface area contributed by atoms with Gasteiger partial charge in [-0.2, -0.15) is 0 Å². The van der Waals surface area contributed by atoms with Crippen molar-refractivity contribution in [2.45, 2.75) is 12.7 Å². The first-order valence-electron chi connectivity index (χ1n) is 4.89. The van der Waals surface area contributed by atoms with Crippen LogP contribution in [0, 0.1) is 6.92 Å². The minimum Gasteiger partial charge on any atom is -0.493 e. The van der Waals surface area contributed by atoms with Crippen LogP contribution in [-0.2, 0) is 14.8 Å². The third-order valence-electron chi connectivity index (χ3n) is 2.41. The Hall–Kier alpha value is -1.20. The first kappa shape index (κ1) is 12.3. The SMILES string of the molecule is COc1ccc(CS(=O)(=O)Cl)c2cc(C)oc12. The molecule has 0 bridgehead atoms. The normalized spacial score (nSPS) is 11.9. The van der Waals surface area contributed by atoms with Crippen molar-refractivity contribution in [3.8, 4) is 5.75 Å². The van der Waals surface area contributed by atoms with Gasteiger partial charge in [-0.15, -0.1) is 0 Å². The molecule has 92 valence electrons. The van der Waals surface area contributed by atoms with Gasteiger partial charge in [0.1, 0.15) is 5.76 Å². The van der Waals surface area contributed by atoms with E-state index < -0.39 is 9.05 Å². The zero-order valence-electron chi connectivity index (χ0n) is 9.36. The van der Waals surface area contributed by atoms with Crippen LogP contribution < -0.4 is 4.74 Å². The van der Waals surface area contributed by atoms with Gasteiger partial charge in [0.15, 0.2) is 11.3 Å². The summed E-state index contributed by atoms with van der Waals surface area (Å²) in [5.74, 6) is 1.04. The summed E-state index contributed by atoms with van der Waals surface area (Å²) in [6.45, 7) is 1.79. The van der Waals surface area contributed by atoms with Crippen molar-refractivity contribution >= 4 is 30.7 Å². The van der Waals surface area contributed by atoms with Crippen LogP contribution in [0.4, 0.5) is 0 Å². The first-order chi connectivity index (χ1) is 7.90. The second-order valence-electron chi connectivity index (χ2n) is 3.71. The molecule has 0 radical (unpaired) electrons. The Morgan fingerprint density at radius 2 is 2.12 bits per heavy atom. The van der Waals surface area contributed by atoms with Gasteiger partial charge >= 0.3 is 0 Å². The zero-order chi connectivity index (χ0) is 12.6. The summed E-state index contributed by atoms with van der Waals surface area (Å²) >= 11 is 0. The number of ether oxygens (including phenoxy) is 1. The fourth-order valence-electron chi connectivity index (χ4n) is 1.75. The van der Waals surface area contributed by atoms with Gasteiger partial charge in [0, 0.05) is 16.1 Å². The number of furan rings is 1. The van der Waals surface area contributed by atoms with E-state index in [0.29, 0.717) is 28.0 Å². The summed E-state index contributed by atoms with van der Waals surface area (Å²) in [5.41, 5.74) is 1.15. The van der Waals surface area contributed by atoms with Crippen LogP contribution in [0.15, 0.2) is 22.6 Å². The molecule has 6 heteroatoms. The monoisotopic (exact) mass is 274 g/mol. The third-order valence-corrected chi connectivity index (χ3v) is 3.39. The summed E-state index contributed by atoms with van der Waals surface area (Å²) in [6, 6.07) is 5.12. The lowest BCUT2D eigenvalue weighted by Crippen LogP contribution is -1.96. The number of aryl methyl sites for hydroxylation is 1. The van der Waals surface area contributed by atoms with E-state index in [1.807, 2.05) is 0 Å². The molecule has 2 rings (SSSR count). The maximum Gasteiger partial charge on any atom is 0.236 e.